The summed E-state index contributed by atoms with van der Waals surface area (Å²) in [6, 6.07) is 0. The van der Waals surface area contributed by atoms with Crippen LogP contribution in [0.15, 0.2) is 0 Å². The fourth-order valence-corrected chi connectivity index (χ4v) is 1.74. The van der Waals surface area contributed by atoms with E-state index in [0.717, 1.165) is 17.4 Å². The van der Waals surface area contributed by atoms with Gasteiger partial charge in [-0.2, -0.15) is 0 Å². The predicted molar refractivity (Wildman–Crippen MR) is 55.1 cm³/mol. The zero-order valence-electron chi connectivity index (χ0n) is 9.05. The molecule has 0 aromatic carbocycles. The van der Waals surface area contributed by atoms with Crippen molar-refractivity contribution in [1.29, 1.82) is 0 Å². The Kier molecular flexibility index (Phi) is 7.51. The molecule has 0 saturated heterocycles. The van der Waals surface area contributed by atoms with Gasteiger partial charge >= 0.3 is 67.3 Å². The first-order valence-corrected chi connectivity index (χ1v) is 5.25. The van der Waals surface area contributed by atoms with E-state index in [1.807, 2.05) is 0 Å². The second kappa shape index (κ2) is 7.47. The molecule has 0 aliphatic heterocycles. The third kappa shape index (κ3) is 8.40. The summed E-state index contributed by atoms with van der Waals surface area (Å²) in [5.74, 6) is 0.237. The standard InChI is InChI=1S/C8H15.C2H4O2.Li/c1-2-8-6-4-3-5-7-8;1-2(3)4;/h3,8H,2,4-7H2,1H3;1H3,(H,3,4);. The molecule has 0 bridgehead atoms. The van der Waals surface area contributed by atoms with Crippen LogP contribution in [0.4, 0.5) is 0 Å². The van der Waals surface area contributed by atoms with Gasteiger partial charge in [0, 0.05) is 6.92 Å². The van der Waals surface area contributed by atoms with Crippen LogP contribution in [0.25, 0.3) is 0 Å². The van der Waals surface area contributed by atoms with Gasteiger partial charge in [0.25, 0.3) is 5.97 Å². The molecule has 1 aliphatic carbocycles. The van der Waals surface area contributed by atoms with Crippen LogP contribution in [0.2, 0.25) is 4.59 Å². The molecule has 0 atom stereocenters. The minimum absolute atomic E-state index is 0.833. The number of rotatable bonds is 1. The summed E-state index contributed by atoms with van der Waals surface area (Å²) in [4.78, 5) is 9.00. The number of carbonyl (C=O) groups is 1. The normalized spacial score (nSPS) is 27.4. The Morgan fingerprint density at radius 2 is 1.77 bits per heavy atom. The molecule has 0 heterocycles. The Hall–Kier alpha value is 0.0674. The van der Waals surface area contributed by atoms with E-state index in [-0.39, 0.29) is 0 Å². The second-order valence-corrected chi connectivity index (χ2v) is 4.05. The molecule has 0 radical (unpaired) electrons. The van der Waals surface area contributed by atoms with Gasteiger partial charge in [0.1, 0.15) is 0 Å². The first-order chi connectivity index (χ1) is 6.06. The first-order valence-electron chi connectivity index (χ1n) is 5.25. The van der Waals surface area contributed by atoms with E-state index in [2.05, 4.69) is 24.6 Å². The topological polar surface area (TPSA) is 37.3 Å². The molecule has 2 nitrogen and oxygen atoms in total. The molecule has 0 unspecified atom stereocenters. The molecular formula is C10H19LiO2. The predicted octanol–water partition coefficient (Wildman–Crippen LogP) is 2.63. The van der Waals surface area contributed by atoms with E-state index in [9.17, 15) is 0 Å². The van der Waals surface area contributed by atoms with E-state index in [4.69, 9.17) is 9.90 Å². The summed E-state index contributed by atoms with van der Waals surface area (Å²) in [5, 5.41) is 7.42. The van der Waals surface area contributed by atoms with E-state index in [0.29, 0.717) is 0 Å². The van der Waals surface area contributed by atoms with Gasteiger partial charge in [0.15, 0.2) is 0 Å². The Morgan fingerprint density at radius 1 is 1.38 bits per heavy atom. The molecule has 0 aromatic heterocycles. The maximum atomic E-state index is 9.00. The summed E-state index contributed by atoms with van der Waals surface area (Å²) in [6.45, 7) is 3.40. The van der Waals surface area contributed by atoms with E-state index < -0.39 is 5.97 Å². The monoisotopic (exact) mass is 178 g/mol. The molecular weight excluding hydrogens is 159 g/mol. The zero-order valence-corrected chi connectivity index (χ0v) is 9.05. The van der Waals surface area contributed by atoms with Crippen molar-refractivity contribution in [3.8, 4) is 0 Å². The number of hydrogen-bond acceptors (Lipinski definition) is 1. The molecule has 0 amide bonds. The number of carboxylic acids is 1. The second-order valence-electron chi connectivity index (χ2n) is 4.05. The van der Waals surface area contributed by atoms with Crippen molar-refractivity contribution < 1.29 is 9.90 Å². The fourth-order valence-electron chi connectivity index (χ4n) is 1.74. The van der Waals surface area contributed by atoms with E-state index >= 15 is 0 Å². The SMILES string of the molecule is CC(=O)O.[Li][CH]1CCC(CC)CC1. The van der Waals surface area contributed by atoms with Crippen molar-refractivity contribution in [2.24, 2.45) is 5.92 Å². The van der Waals surface area contributed by atoms with Crippen LogP contribution >= 0.6 is 0 Å². The average molecular weight is 178 g/mol. The van der Waals surface area contributed by atoms with Crippen molar-refractivity contribution >= 4 is 23.7 Å². The van der Waals surface area contributed by atoms with Crippen LogP contribution < -0.4 is 0 Å². The quantitative estimate of drug-likeness (QED) is 0.627. The molecule has 1 N–H and O–H groups in total. The van der Waals surface area contributed by atoms with Crippen LogP contribution in [0, 0.1) is 5.92 Å². The molecule has 1 rings (SSSR count). The van der Waals surface area contributed by atoms with Crippen LogP contribution in [0.3, 0.4) is 0 Å². The molecule has 3 heteroatoms. The molecule has 13 heavy (non-hydrogen) atoms. The van der Waals surface area contributed by atoms with E-state index in [1.54, 1.807) is 0 Å². The molecule has 1 aliphatic rings. The van der Waals surface area contributed by atoms with Crippen LogP contribution in [0.5, 0.6) is 0 Å². The molecule has 1 fully saturated rings. The number of hydrogen-bond donors (Lipinski definition) is 1. The Morgan fingerprint density at radius 3 is 2.08 bits per heavy atom. The molecule has 1 saturated carbocycles. The zero-order chi connectivity index (χ0) is 10.3. The first kappa shape index (κ1) is 13.1. The van der Waals surface area contributed by atoms with Gasteiger partial charge in [-0.3, -0.25) is 4.79 Å². The van der Waals surface area contributed by atoms with Crippen LogP contribution in [-0.2, 0) is 4.79 Å². The Labute approximate surface area is 90.3 Å². The fraction of sp³-hybridized carbons (Fsp3) is 0.900. The van der Waals surface area contributed by atoms with Crippen molar-refractivity contribution in [2.75, 3.05) is 0 Å². The van der Waals surface area contributed by atoms with Gasteiger partial charge in [0.05, 0.1) is 0 Å². The van der Waals surface area contributed by atoms with Crippen LogP contribution in [0.1, 0.15) is 46.0 Å². The number of carboxylic acid groups (broad SMARTS) is 1. The van der Waals surface area contributed by atoms with Crippen molar-refractivity contribution in [2.45, 2.75) is 50.5 Å². The summed E-state index contributed by atoms with van der Waals surface area (Å²) in [6.07, 6.45) is 7.37. The maximum absolute atomic E-state index is 9.00. The van der Waals surface area contributed by atoms with Crippen molar-refractivity contribution in [1.82, 2.24) is 0 Å². The summed E-state index contributed by atoms with van der Waals surface area (Å²) in [5.41, 5.74) is 0. The number of aliphatic carboxylic acids is 1. The third-order valence-corrected chi connectivity index (χ3v) is 2.71. The van der Waals surface area contributed by atoms with Gasteiger partial charge in [-0.15, -0.1) is 0 Å². The van der Waals surface area contributed by atoms with Gasteiger partial charge in [-0.1, -0.05) is 0 Å². The van der Waals surface area contributed by atoms with Gasteiger partial charge in [-0.05, 0) is 0 Å². The minimum atomic E-state index is -0.833. The van der Waals surface area contributed by atoms with E-state index in [1.165, 1.54) is 32.1 Å². The third-order valence-electron chi connectivity index (χ3n) is 2.71. The van der Waals surface area contributed by atoms with Gasteiger partial charge in [0.2, 0.25) is 0 Å². The summed E-state index contributed by atoms with van der Waals surface area (Å²) >= 11 is 2.38. The molecule has 72 valence electrons. The van der Waals surface area contributed by atoms with Crippen molar-refractivity contribution in [3.63, 3.8) is 0 Å². The Balaban J connectivity index is 0.000000310. The average Bonchev–Trinajstić information content (AvgIpc) is 2.05. The van der Waals surface area contributed by atoms with Crippen LogP contribution in [-0.4, -0.2) is 28.8 Å². The van der Waals surface area contributed by atoms with Gasteiger partial charge < -0.3 is 5.11 Å². The van der Waals surface area contributed by atoms with Crippen molar-refractivity contribution in [3.05, 3.63) is 0 Å². The molecule has 0 aromatic rings. The molecule has 0 spiro atoms. The Bertz CT molecular complexity index is 136. The summed E-state index contributed by atoms with van der Waals surface area (Å²) < 4.78 is 1.02. The van der Waals surface area contributed by atoms with Gasteiger partial charge in [-0.25, -0.2) is 0 Å². The summed E-state index contributed by atoms with van der Waals surface area (Å²) in [7, 11) is 0.